The third kappa shape index (κ3) is 8.69. The Bertz CT molecular complexity index is 1400. The molecule has 0 aliphatic carbocycles. The lowest BCUT2D eigenvalue weighted by Crippen LogP contribution is -2.48. The van der Waals surface area contributed by atoms with Crippen LogP contribution in [0.25, 0.3) is 0 Å². The predicted molar refractivity (Wildman–Crippen MR) is 182 cm³/mol. The molecule has 1 fully saturated rings. The van der Waals surface area contributed by atoms with Crippen LogP contribution < -0.4 is 11.4 Å². The summed E-state index contributed by atoms with van der Waals surface area (Å²) in [4.78, 5) is 28.6. The van der Waals surface area contributed by atoms with Crippen LogP contribution in [0.4, 0.5) is 11.5 Å². The van der Waals surface area contributed by atoms with Crippen molar-refractivity contribution in [1.29, 1.82) is 0 Å². The Morgan fingerprint density at radius 2 is 1.69 bits per heavy atom. The van der Waals surface area contributed by atoms with Crippen molar-refractivity contribution < 1.29 is 23.2 Å². The molecule has 0 radical (unpaired) electrons. The van der Waals surface area contributed by atoms with Crippen molar-refractivity contribution in [3.8, 4) is 0 Å². The molecule has 1 aromatic heterocycles. The van der Waals surface area contributed by atoms with Crippen LogP contribution in [0, 0.1) is 16.0 Å². The largest absolute Gasteiger partial charge is 0.414 e. The van der Waals surface area contributed by atoms with Gasteiger partial charge in [-0.05, 0) is 48.2 Å². The van der Waals surface area contributed by atoms with Gasteiger partial charge in [0.2, 0.25) is 0 Å². The van der Waals surface area contributed by atoms with Gasteiger partial charge in [-0.1, -0.05) is 67.5 Å². The van der Waals surface area contributed by atoms with Crippen molar-refractivity contribution in [1.82, 2.24) is 9.55 Å². The molecule has 2 N–H and O–H groups in total. The van der Waals surface area contributed by atoms with E-state index in [-0.39, 0.29) is 46.3 Å². The van der Waals surface area contributed by atoms with Gasteiger partial charge in [0.25, 0.3) is 5.69 Å². The molecule has 0 saturated carbocycles. The molecule has 1 aliphatic rings. The first-order chi connectivity index (χ1) is 20.6. The second-order valence-corrected chi connectivity index (χ2v) is 25.1. The van der Waals surface area contributed by atoms with E-state index in [0.29, 0.717) is 24.2 Å². The lowest BCUT2D eigenvalue weighted by atomic mass is 9.97. The molecule has 11 nitrogen and oxygen atoms in total. The van der Waals surface area contributed by atoms with Gasteiger partial charge >= 0.3 is 5.69 Å². The van der Waals surface area contributed by atoms with Crippen molar-refractivity contribution in [2.45, 2.75) is 129 Å². The zero-order valence-corrected chi connectivity index (χ0v) is 31.2. The first-order valence-electron chi connectivity index (χ1n) is 15.8. The molecule has 2 heterocycles. The maximum Gasteiger partial charge on any atom is 0.351 e. The molecular weight excluding hydrogens is 609 g/mol. The smallest absolute Gasteiger partial charge is 0.351 e. The summed E-state index contributed by atoms with van der Waals surface area (Å²) < 4.78 is 27.7. The number of nitrogens with two attached hydrogens (primary N) is 1. The zero-order valence-electron chi connectivity index (χ0n) is 29.2. The highest BCUT2D eigenvalue weighted by Crippen LogP contribution is 2.42. The Hall–Kier alpha value is -2.43. The van der Waals surface area contributed by atoms with Gasteiger partial charge < -0.3 is 24.1 Å². The van der Waals surface area contributed by atoms with Crippen LogP contribution in [-0.4, -0.2) is 49.9 Å². The molecule has 0 amide bonds. The molecule has 0 unspecified atom stereocenters. The highest BCUT2D eigenvalue weighted by atomic mass is 28.4. The molecule has 0 bridgehead atoms. The first kappa shape index (κ1) is 37.0. The average Bonchev–Trinajstić information content (AvgIpc) is 3.28. The minimum atomic E-state index is -2.18. The number of ether oxygens (including phenoxy) is 2. The normalized spacial score (nSPS) is 20.5. The van der Waals surface area contributed by atoms with Crippen molar-refractivity contribution >= 4 is 28.1 Å². The summed E-state index contributed by atoms with van der Waals surface area (Å²) in [6.45, 7) is 26.3. The summed E-state index contributed by atoms with van der Waals surface area (Å²) in [6.07, 6.45) is 0.234. The Morgan fingerprint density at radius 3 is 2.24 bits per heavy atom. The topological polar surface area (TPSA) is 141 Å². The van der Waals surface area contributed by atoms with E-state index in [2.05, 4.69) is 72.7 Å². The summed E-state index contributed by atoms with van der Waals surface area (Å²) in [5.74, 6) is -0.0227. The second-order valence-electron chi connectivity index (χ2n) is 15.5. The molecule has 0 spiro atoms. The number of para-hydroxylation sites is 1. The number of hydrogen-bond donors (Lipinski definition) is 1. The summed E-state index contributed by atoms with van der Waals surface area (Å²) in [6, 6.07) is 6.55. The van der Waals surface area contributed by atoms with Crippen LogP contribution in [0.1, 0.15) is 85.3 Å². The monoisotopic (exact) mass is 662 g/mol. The van der Waals surface area contributed by atoms with Gasteiger partial charge in [-0.2, -0.15) is 4.98 Å². The maximum atomic E-state index is 13.2. The standard InChI is InChI=1S/C32H54N4O7Si2/c1-21(2)28(23-15-13-14-16-24(23)36(38)39)40-19-22-18-35(30(37)34-29(22)33)27-17-25(43-45(11,12)32(6,7)8)26(42-27)20-41-44(9,10)31(3,4)5/h13-16,18,21,25-28H,17,19-20H2,1-12H3,(H2,33,34,37)/t25-,26-,27-,28+/m1/s1. The minimum Gasteiger partial charge on any atom is -0.414 e. The van der Waals surface area contributed by atoms with Crippen LogP contribution in [0.3, 0.4) is 0 Å². The summed E-state index contributed by atoms with van der Waals surface area (Å²) in [5, 5.41) is 11.7. The lowest BCUT2D eigenvalue weighted by molar-refractivity contribution is -0.386. The van der Waals surface area contributed by atoms with E-state index in [4.69, 9.17) is 24.1 Å². The SMILES string of the molecule is CC(C)[C@H](OCc1cn([C@H]2C[C@@H](O[Si](C)(C)C(C)(C)C)[C@@H](CO[Si](C)(C)C(C)(C)C)O2)c(=O)nc1N)c1ccccc1[N+](=O)[O-]. The van der Waals surface area contributed by atoms with Crippen LogP contribution >= 0.6 is 0 Å². The highest BCUT2D eigenvalue weighted by molar-refractivity contribution is 6.74. The summed E-state index contributed by atoms with van der Waals surface area (Å²) in [7, 11) is -4.26. The van der Waals surface area contributed by atoms with Gasteiger partial charge in [-0.25, -0.2) is 4.79 Å². The number of nitro benzene ring substituents is 1. The predicted octanol–water partition coefficient (Wildman–Crippen LogP) is 7.35. The molecule has 2 aromatic rings. The van der Waals surface area contributed by atoms with Crippen LogP contribution in [0.2, 0.25) is 36.3 Å². The van der Waals surface area contributed by atoms with E-state index in [0.717, 1.165) is 0 Å². The third-order valence-corrected chi connectivity index (χ3v) is 18.7. The quantitative estimate of drug-likeness (QED) is 0.140. The third-order valence-electron chi connectivity index (χ3n) is 9.68. The molecule has 252 valence electrons. The van der Waals surface area contributed by atoms with Crippen molar-refractivity contribution in [2.75, 3.05) is 12.3 Å². The fourth-order valence-electron chi connectivity index (χ4n) is 4.76. The van der Waals surface area contributed by atoms with E-state index < -0.39 is 39.6 Å². The molecule has 3 rings (SSSR count). The Kier molecular flexibility index (Phi) is 11.3. The molecular formula is C32H54N4O7Si2. The van der Waals surface area contributed by atoms with Crippen LogP contribution in [0.5, 0.6) is 0 Å². The highest BCUT2D eigenvalue weighted by Gasteiger charge is 2.47. The Morgan fingerprint density at radius 1 is 1.09 bits per heavy atom. The van der Waals surface area contributed by atoms with E-state index in [1.165, 1.54) is 10.6 Å². The second kappa shape index (κ2) is 13.7. The molecule has 13 heteroatoms. The van der Waals surface area contributed by atoms with Crippen LogP contribution in [0.15, 0.2) is 35.3 Å². The molecule has 1 aromatic carbocycles. The average molecular weight is 663 g/mol. The number of nitrogen functional groups attached to an aromatic ring is 1. The van der Waals surface area contributed by atoms with Gasteiger partial charge in [-0.3, -0.25) is 14.7 Å². The number of benzene rings is 1. The van der Waals surface area contributed by atoms with Crippen LogP contribution in [-0.2, 0) is 24.9 Å². The zero-order chi connectivity index (χ0) is 34.1. The summed E-state index contributed by atoms with van der Waals surface area (Å²) in [5.41, 5.74) is 6.63. The molecule has 4 atom stereocenters. The molecule has 45 heavy (non-hydrogen) atoms. The minimum absolute atomic E-state index is 0.00252. The number of hydrogen-bond acceptors (Lipinski definition) is 9. The Labute approximate surface area is 270 Å². The van der Waals surface area contributed by atoms with Gasteiger partial charge in [0.15, 0.2) is 16.6 Å². The number of nitrogens with zero attached hydrogens (tertiary/aromatic N) is 3. The van der Waals surface area contributed by atoms with Gasteiger partial charge in [0.05, 0.1) is 35.9 Å². The fourth-order valence-corrected chi connectivity index (χ4v) is 7.13. The van der Waals surface area contributed by atoms with E-state index in [1.54, 1.807) is 24.4 Å². The van der Waals surface area contributed by atoms with Gasteiger partial charge in [0.1, 0.15) is 18.1 Å². The molecule has 1 saturated heterocycles. The van der Waals surface area contributed by atoms with E-state index in [1.807, 2.05) is 13.8 Å². The number of aromatic nitrogens is 2. The maximum absolute atomic E-state index is 13.2. The van der Waals surface area contributed by atoms with Gasteiger partial charge in [0, 0.05) is 24.2 Å². The first-order valence-corrected chi connectivity index (χ1v) is 21.6. The number of rotatable bonds is 12. The molecule has 1 aliphatic heterocycles. The van der Waals surface area contributed by atoms with E-state index in [9.17, 15) is 14.9 Å². The van der Waals surface area contributed by atoms with E-state index >= 15 is 0 Å². The fraction of sp³-hybridized carbons (Fsp3) is 0.688. The lowest BCUT2D eigenvalue weighted by Gasteiger charge is -2.40. The summed E-state index contributed by atoms with van der Waals surface area (Å²) >= 11 is 0. The number of anilines is 1. The Balaban J connectivity index is 1.91. The van der Waals surface area contributed by atoms with Crippen molar-refractivity contribution in [3.05, 3.63) is 62.2 Å². The van der Waals surface area contributed by atoms with Gasteiger partial charge in [-0.15, -0.1) is 0 Å². The van der Waals surface area contributed by atoms with Crippen molar-refractivity contribution in [3.63, 3.8) is 0 Å². The number of nitro groups is 1. The van der Waals surface area contributed by atoms with Crippen molar-refractivity contribution in [2.24, 2.45) is 5.92 Å².